The lowest BCUT2D eigenvalue weighted by molar-refractivity contribution is -0.115. The number of anilines is 2. The zero-order valence-electron chi connectivity index (χ0n) is 12.9. The average Bonchev–Trinajstić information content (AvgIpc) is 2.54. The van der Waals surface area contributed by atoms with Crippen LogP contribution in [0.15, 0.2) is 53.4 Å². The molecule has 0 aliphatic rings. The average molecular weight is 347 g/mol. The topological polar surface area (TPSA) is 118 Å². The fraction of sp³-hybridized carbons (Fsp3) is 0.125. The van der Waals surface area contributed by atoms with Crippen LogP contribution in [0.2, 0.25) is 0 Å². The predicted molar refractivity (Wildman–Crippen MR) is 91.1 cm³/mol. The van der Waals surface area contributed by atoms with Crippen molar-refractivity contribution in [3.05, 3.63) is 54.1 Å². The lowest BCUT2D eigenvalue weighted by Gasteiger charge is -2.08. The van der Waals surface area contributed by atoms with E-state index in [4.69, 9.17) is 5.14 Å². The van der Waals surface area contributed by atoms with Gasteiger partial charge in [0.2, 0.25) is 15.9 Å². The molecule has 0 aliphatic heterocycles. The highest BCUT2D eigenvalue weighted by molar-refractivity contribution is 7.89. The molecule has 0 atom stereocenters. The molecule has 8 heteroatoms. The van der Waals surface area contributed by atoms with Gasteiger partial charge in [-0.15, -0.1) is 0 Å². The van der Waals surface area contributed by atoms with Gasteiger partial charge < -0.3 is 10.6 Å². The molecule has 2 rings (SSSR count). The van der Waals surface area contributed by atoms with Crippen LogP contribution in [0, 0.1) is 0 Å². The summed E-state index contributed by atoms with van der Waals surface area (Å²) in [6, 6.07) is 12.0. The van der Waals surface area contributed by atoms with Crippen LogP contribution < -0.4 is 15.8 Å². The van der Waals surface area contributed by atoms with Gasteiger partial charge >= 0.3 is 0 Å². The minimum atomic E-state index is -3.77. The Balaban J connectivity index is 2.12. The zero-order chi connectivity index (χ0) is 17.7. The first kappa shape index (κ1) is 17.6. The van der Waals surface area contributed by atoms with Crippen LogP contribution in [-0.2, 0) is 14.8 Å². The standard InChI is InChI=1S/C16H17N3O4S/c1-2-15(20)18-13-5-3-4-11(10-13)16(21)19-12-6-8-14(9-7-12)24(17,22)23/h3-10H,2H2,1H3,(H,18,20)(H,19,21)(H2,17,22,23). The van der Waals surface area contributed by atoms with E-state index in [1.54, 1.807) is 31.2 Å². The van der Waals surface area contributed by atoms with Crippen LogP contribution in [0.1, 0.15) is 23.7 Å². The lowest BCUT2D eigenvalue weighted by atomic mass is 10.1. The molecule has 2 aromatic carbocycles. The molecule has 0 saturated carbocycles. The summed E-state index contributed by atoms with van der Waals surface area (Å²) in [7, 11) is -3.77. The molecule has 126 valence electrons. The molecule has 2 amide bonds. The molecule has 4 N–H and O–H groups in total. The van der Waals surface area contributed by atoms with Gasteiger partial charge in [-0.2, -0.15) is 0 Å². The quantitative estimate of drug-likeness (QED) is 0.766. The Kier molecular flexibility index (Phi) is 5.32. The van der Waals surface area contributed by atoms with Crippen LogP contribution in [0.3, 0.4) is 0 Å². The summed E-state index contributed by atoms with van der Waals surface area (Å²) in [5.41, 5.74) is 1.31. The Morgan fingerprint density at radius 1 is 1.00 bits per heavy atom. The van der Waals surface area contributed by atoms with Crippen LogP contribution in [-0.4, -0.2) is 20.2 Å². The normalized spacial score (nSPS) is 10.9. The maximum Gasteiger partial charge on any atom is 0.255 e. The van der Waals surface area contributed by atoms with E-state index >= 15 is 0 Å². The monoisotopic (exact) mass is 347 g/mol. The molecule has 0 radical (unpaired) electrons. The van der Waals surface area contributed by atoms with E-state index in [2.05, 4.69) is 10.6 Å². The van der Waals surface area contributed by atoms with Crippen molar-refractivity contribution in [3.63, 3.8) is 0 Å². The van der Waals surface area contributed by atoms with Gasteiger partial charge in [0.15, 0.2) is 0 Å². The van der Waals surface area contributed by atoms with Crippen LogP contribution >= 0.6 is 0 Å². The number of primary sulfonamides is 1. The van der Waals surface area contributed by atoms with E-state index in [1.165, 1.54) is 24.3 Å². The summed E-state index contributed by atoms with van der Waals surface area (Å²) in [6.07, 6.45) is 0.340. The van der Waals surface area contributed by atoms with Crippen molar-refractivity contribution >= 4 is 33.2 Å². The van der Waals surface area contributed by atoms with Gasteiger partial charge in [0.1, 0.15) is 0 Å². The molecule has 2 aromatic rings. The molecule has 7 nitrogen and oxygen atoms in total. The van der Waals surface area contributed by atoms with Crippen molar-refractivity contribution in [2.75, 3.05) is 10.6 Å². The van der Waals surface area contributed by atoms with Gasteiger partial charge in [-0.25, -0.2) is 13.6 Å². The highest BCUT2D eigenvalue weighted by atomic mass is 32.2. The van der Waals surface area contributed by atoms with Crippen LogP contribution in [0.25, 0.3) is 0 Å². The maximum atomic E-state index is 12.2. The third-order valence-electron chi connectivity index (χ3n) is 3.17. The number of sulfonamides is 1. The highest BCUT2D eigenvalue weighted by Crippen LogP contribution is 2.16. The smallest absolute Gasteiger partial charge is 0.255 e. The summed E-state index contributed by atoms with van der Waals surface area (Å²) in [5, 5.41) is 10.3. The largest absolute Gasteiger partial charge is 0.326 e. The SMILES string of the molecule is CCC(=O)Nc1cccc(C(=O)Nc2ccc(S(N)(=O)=O)cc2)c1. The molecular formula is C16H17N3O4S. The molecule has 0 heterocycles. The third kappa shape index (κ3) is 4.64. The summed E-state index contributed by atoms with van der Waals surface area (Å²) >= 11 is 0. The number of hydrogen-bond acceptors (Lipinski definition) is 4. The molecule has 0 unspecified atom stereocenters. The molecule has 0 aliphatic carbocycles. The van der Waals surface area contributed by atoms with E-state index in [-0.39, 0.29) is 16.7 Å². The molecule has 0 bridgehead atoms. The van der Waals surface area contributed by atoms with Crippen molar-refractivity contribution in [2.45, 2.75) is 18.2 Å². The van der Waals surface area contributed by atoms with Crippen molar-refractivity contribution in [1.82, 2.24) is 0 Å². The first-order chi connectivity index (χ1) is 11.3. The van der Waals surface area contributed by atoms with Crippen LogP contribution in [0.5, 0.6) is 0 Å². The maximum absolute atomic E-state index is 12.2. The number of rotatable bonds is 5. The van der Waals surface area contributed by atoms with E-state index in [0.717, 1.165) is 0 Å². The number of carbonyl (C=O) groups excluding carboxylic acids is 2. The minimum absolute atomic E-state index is 0.0372. The molecule has 0 saturated heterocycles. The van der Waals surface area contributed by atoms with Crippen molar-refractivity contribution in [1.29, 1.82) is 0 Å². The molecule has 0 aromatic heterocycles. The second-order valence-corrected chi connectivity index (χ2v) is 6.57. The Bertz CT molecular complexity index is 861. The van der Waals surface area contributed by atoms with Gasteiger partial charge in [0, 0.05) is 23.4 Å². The summed E-state index contributed by atoms with van der Waals surface area (Å²) in [4.78, 5) is 23.6. The van der Waals surface area contributed by atoms with E-state index in [9.17, 15) is 18.0 Å². The second kappa shape index (κ2) is 7.24. The second-order valence-electron chi connectivity index (χ2n) is 5.01. The fourth-order valence-corrected chi connectivity index (χ4v) is 2.43. The van der Waals surface area contributed by atoms with Crippen molar-refractivity contribution in [2.24, 2.45) is 5.14 Å². The van der Waals surface area contributed by atoms with E-state index in [0.29, 0.717) is 23.4 Å². The van der Waals surface area contributed by atoms with Crippen molar-refractivity contribution in [3.8, 4) is 0 Å². The van der Waals surface area contributed by atoms with Gasteiger partial charge in [0.25, 0.3) is 5.91 Å². The molecular weight excluding hydrogens is 330 g/mol. The summed E-state index contributed by atoms with van der Waals surface area (Å²) in [5.74, 6) is -0.530. The zero-order valence-corrected chi connectivity index (χ0v) is 13.8. The van der Waals surface area contributed by atoms with Gasteiger partial charge in [-0.1, -0.05) is 13.0 Å². The third-order valence-corrected chi connectivity index (χ3v) is 4.10. The van der Waals surface area contributed by atoms with Gasteiger partial charge in [-0.3, -0.25) is 9.59 Å². The Hall–Kier alpha value is -2.71. The van der Waals surface area contributed by atoms with Gasteiger partial charge in [0.05, 0.1) is 4.90 Å². The number of nitrogens with one attached hydrogen (secondary N) is 2. The number of hydrogen-bond donors (Lipinski definition) is 3. The predicted octanol–water partition coefficient (Wildman–Crippen LogP) is 1.93. The lowest BCUT2D eigenvalue weighted by Crippen LogP contribution is -2.14. The summed E-state index contributed by atoms with van der Waals surface area (Å²) in [6.45, 7) is 1.73. The molecule has 0 fully saturated rings. The first-order valence-electron chi connectivity index (χ1n) is 7.13. The number of benzene rings is 2. The van der Waals surface area contributed by atoms with E-state index < -0.39 is 10.0 Å². The molecule has 24 heavy (non-hydrogen) atoms. The van der Waals surface area contributed by atoms with Gasteiger partial charge in [-0.05, 0) is 42.5 Å². The summed E-state index contributed by atoms with van der Waals surface area (Å²) < 4.78 is 22.4. The molecule has 0 spiro atoms. The first-order valence-corrected chi connectivity index (χ1v) is 8.68. The van der Waals surface area contributed by atoms with E-state index in [1.807, 2.05) is 0 Å². The van der Waals surface area contributed by atoms with Crippen LogP contribution in [0.4, 0.5) is 11.4 Å². The number of carbonyl (C=O) groups is 2. The fourth-order valence-electron chi connectivity index (χ4n) is 1.92. The Morgan fingerprint density at radius 3 is 2.25 bits per heavy atom. The Morgan fingerprint density at radius 2 is 1.67 bits per heavy atom. The number of nitrogens with two attached hydrogens (primary N) is 1. The number of amides is 2. The Labute approximate surface area is 139 Å². The highest BCUT2D eigenvalue weighted by Gasteiger charge is 2.10. The minimum Gasteiger partial charge on any atom is -0.326 e. The van der Waals surface area contributed by atoms with Crippen molar-refractivity contribution < 1.29 is 18.0 Å².